The van der Waals surface area contributed by atoms with Crippen molar-refractivity contribution in [3.63, 3.8) is 0 Å². The molecule has 0 bridgehead atoms. The van der Waals surface area contributed by atoms with Crippen LogP contribution in [0.15, 0.2) is 47.1 Å². The fraction of sp³-hybridized carbons (Fsp3) is 0.312. The van der Waals surface area contributed by atoms with E-state index >= 15 is 0 Å². The summed E-state index contributed by atoms with van der Waals surface area (Å²) in [6, 6.07) is 12.1. The Labute approximate surface area is 119 Å². The fourth-order valence-electron chi connectivity index (χ4n) is 2.06. The monoisotopic (exact) mass is 272 g/mol. The lowest BCUT2D eigenvalue weighted by atomic mass is 10.1. The van der Waals surface area contributed by atoms with E-state index in [1.54, 1.807) is 13.3 Å². The molecule has 1 aromatic carbocycles. The zero-order valence-corrected chi connectivity index (χ0v) is 11.8. The van der Waals surface area contributed by atoms with Crippen molar-refractivity contribution in [3.05, 3.63) is 54.0 Å². The first-order valence-electron chi connectivity index (χ1n) is 6.76. The fourth-order valence-corrected chi connectivity index (χ4v) is 2.06. The first-order valence-corrected chi connectivity index (χ1v) is 6.76. The number of hydrogen-bond acceptors (Lipinski definition) is 3. The predicted octanol–water partition coefficient (Wildman–Crippen LogP) is 2.61. The van der Waals surface area contributed by atoms with E-state index in [2.05, 4.69) is 17.6 Å². The molecular weight excluding hydrogens is 252 g/mol. The number of likely N-dealkylation sites (N-methyl/N-ethyl adjacent to an activating group) is 1. The molecule has 0 aliphatic carbocycles. The van der Waals surface area contributed by atoms with E-state index in [1.807, 2.05) is 36.4 Å². The topological polar surface area (TPSA) is 54.3 Å². The molecule has 2 aromatic rings. The van der Waals surface area contributed by atoms with E-state index in [4.69, 9.17) is 4.42 Å². The van der Waals surface area contributed by atoms with Crippen LogP contribution in [-0.2, 0) is 17.6 Å². The second-order valence-electron chi connectivity index (χ2n) is 4.88. The van der Waals surface area contributed by atoms with Gasteiger partial charge in [0.25, 0.3) is 0 Å². The maximum absolute atomic E-state index is 11.3. The Bertz CT molecular complexity index is 532. The Morgan fingerprint density at radius 1 is 1.25 bits per heavy atom. The molecule has 0 radical (unpaired) electrons. The van der Waals surface area contributed by atoms with Crippen molar-refractivity contribution in [3.8, 4) is 0 Å². The smallest absolute Gasteiger partial charge is 0.224 e. The molecule has 4 nitrogen and oxygen atoms in total. The number of nitrogens with one attached hydrogen (secondary N) is 2. The second-order valence-corrected chi connectivity index (χ2v) is 4.88. The van der Waals surface area contributed by atoms with E-state index in [-0.39, 0.29) is 11.9 Å². The molecule has 4 heteroatoms. The molecule has 2 N–H and O–H groups in total. The summed E-state index contributed by atoms with van der Waals surface area (Å²) in [5, 5.41) is 6.03. The van der Waals surface area contributed by atoms with Gasteiger partial charge in [0.2, 0.25) is 5.91 Å². The Kier molecular flexibility index (Phi) is 4.82. The van der Waals surface area contributed by atoms with Crippen molar-refractivity contribution in [2.24, 2.45) is 0 Å². The van der Waals surface area contributed by atoms with E-state index in [0.717, 1.165) is 23.4 Å². The van der Waals surface area contributed by atoms with Gasteiger partial charge in [-0.1, -0.05) is 12.1 Å². The van der Waals surface area contributed by atoms with Crippen molar-refractivity contribution in [2.45, 2.75) is 25.8 Å². The third kappa shape index (κ3) is 4.16. The van der Waals surface area contributed by atoms with Crippen molar-refractivity contribution in [1.29, 1.82) is 0 Å². The van der Waals surface area contributed by atoms with Crippen molar-refractivity contribution in [2.75, 3.05) is 12.4 Å². The molecular formula is C16H20N2O2. The molecule has 0 spiro atoms. The van der Waals surface area contributed by atoms with Gasteiger partial charge in [-0.3, -0.25) is 4.79 Å². The Morgan fingerprint density at radius 3 is 2.60 bits per heavy atom. The average Bonchev–Trinajstić information content (AvgIpc) is 2.93. The minimum absolute atomic E-state index is 0.0249. The minimum Gasteiger partial charge on any atom is -0.469 e. The molecule has 20 heavy (non-hydrogen) atoms. The highest BCUT2D eigenvalue weighted by Crippen LogP contribution is 2.13. The zero-order chi connectivity index (χ0) is 14.4. The molecule has 106 valence electrons. The maximum atomic E-state index is 11.3. The molecule has 1 heterocycles. The number of amides is 1. The first kappa shape index (κ1) is 14.2. The molecule has 0 saturated heterocycles. The van der Waals surface area contributed by atoms with Gasteiger partial charge in [0.1, 0.15) is 5.76 Å². The summed E-state index contributed by atoms with van der Waals surface area (Å²) < 4.78 is 5.33. The number of hydrogen-bond donors (Lipinski definition) is 2. The summed E-state index contributed by atoms with van der Waals surface area (Å²) in [6.45, 7) is 2.11. The summed E-state index contributed by atoms with van der Waals surface area (Å²) >= 11 is 0. The number of furan rings is 1. The standard InChI is InChI=1S/C16H20N2O2/c1-12(10-15-4-3-9-20-15)18-14-7-5-13(6-8-14)11-16(19)17-2/h3-9,12,18H,10-11H2,1-2H3,(H,17,19). The van der Waals surface area contributed by atoms with E-state index in [0.29, 0.717) is 6.42 Å². The second kappa shape index (κ2) is 6.80. The third-order valence-electron chi connectivity index (χ3n) is 3.10. The van der Waals surface area contributed by atoms with Crippen LogP contribution < -0.4 is 10.6 Å². The van der Waals surface area contributed by atoms with Crippen LogP contribution in [-0.4, -0.2) is 19.0 Å². The van der Waals surface area contributed by atoms with Crippen LogP contribution in [0.2, 0.25) is 0 Å². The van der Waals surface area contributed by atoms with Crippen LogP contribution in [0.1, 0.15) is 18.2 Å². The molecule has 0 saturated carbocycles. The SMILES string of the molecule is CNC(=O)Cc1ccc(NC(C)Cc2ccco2)cc1. The van der Waals surface area contributed by atoms with E-state index in [9.17, 15) is 4.79 Å². The average molecular weight is 272 g/mol. The van der Waals surface area contributed by atoms with Crippen molar-refractivity contribution < 1.29 is 9.21 Å². The van der Waals surface area contributed by atoms with Crippen LogP contribution in [0.3, 0.4) is 0 Å². The Balaban J connectivity index is 1.88. The van der Waals surface area contributed by atoms with Crippen molar-refractivity contribution in [1.82, 2.24) is 5.32 Å². The van der Waals surface area contributed by atoms with Crippen LogP contribution >= 0.6 is 0 Å². The van der Waals surface area contributed by atoms with Crippen LogP contribution in [0.4, 0.5) is 5.69 Å². The van der Waals surface area contributed by atoms with Crippen LogP contribution in [0, 0.1) is 0 Å². The van der Waals surface area contributed by atoms with Crippen LogP contribution in [0.5, 0.6) is 0 Å². The van der Waals surface area contributed by atoms with Crippen molar-refractivity contribution >= 4 is 11.6 Å². The Hall–Kier alpha value is -2.23. The highest BCUT2D eigenvalue weighted by Gasteiger charge is 2.06. The molecule has 1 unspecified atom stereocenters. The largest absolute Gasteiger partial charge is 0.469 e. The minimum atomic E-state index is 0.0249. The quantitative estimate of drug-likeness (QED) is 0.850. The lowest BCUT2D eigenvalue weighted by Gasteiger charge is -2.14. The molecule has 2 rings (SSSR count). The number of anilines is 1. The number of benzene rings is 1. The third-order valence-corrected chi connectivity index (χ3v) is 3.10. The normalized spacial score (nSPS) is 11.9. The summed E-state index contributed by atoms with van der Waals surface area (Å²) in [5.41, 5.74) is 2.05. The first-order chi connectivity index (χ1) is 9.67. The maximum Gasteiger partial charge on any atom is 0.224 e. The van der Waals surface area contributed by atoms with Gasteiger partial charge in [-0.05, 0) is 36.8 Å². The van der Waals surface area contributed by atoms with E-state index in [1.165, 1.54) is 0 Å². The van der Waals surface area contributed by atoms with Gasteiger partial charge in [-0.15, -0.1) is 0 Å². The summed E-state index contributed by atoms with van der Waals surface area (Å²) in [4.78, 5) is 11.3. The molecule has 1 aromatic heterocycles. The molecule has 1 amide bonds. The van der Waals surface area contributed by atoms with Gasteiger partial charge >= 0.3 is 0 Å². The lowest BCUT2D eigenvalue weighted by molar-refractivity contribution is -0.119. The number of carbonyl (C=O) groups is 1. The van der Waals surface area contributed by atoms with Gasteiger partial charge in [-0.25, -0.2) is 0 Å². The predicted molar refractivity (Wildman–Crippen MR) is 79.7 cm³/mol. The lowest BCUT2D eigenvalue weighted by Crippen LogP contribution is -2.20. The van der Waals surface area contributed by atoms with E-state index < -0.39 is 0 Å². The number of rotatable bonds is 6. The van der Waals surface area contributed by atoms with Gasteiger partial charge in [0.05, 0.1) is 12.7 Å². The highest BCUT2D eigenvalue weighted by atomic mass is 16.3. The van der Waals surface area contributed by atoms with Crippen LogP contribution in [0.25, 0.3) is 0 Å². The summed E-state index contributed by atoms with van der Waals surface area (Å²) in [7, 11) is 1.65. The Morgan fingerprint density at radius 2 is 2.00 bits per heavy atom. The van der Waals surface area contributed by atoms with Gasteiger partial charge in [-0.2, -0.15) is 0 Å². The van der Waals surface area contributed by atoms with Gasteiger partial charge in [0.15, 0.2) is 0 Å². The summed E-state index contributed by atoms with van der Waals surface area (Å²) in [6.07, 6.45) is 2.95. The zero-order valence-electron chi connectivity index (χ0n) is 11.8. The molecule has 0 aliphatic heterocycles. The van der Waals surface area contributed by atoms with Gasteiger partial charge in [0, 0.05) is 25.2 Å². The molecule has 1 atom stereocenters. The highest BCUT2D eigenvalue weighted by molar-refractivity contribution is 5.78. The molecule has 0 fully saturated rings. The van der Waals surface area contributed by atoms with Gasteiger partial charge < -0.3 is 15.1 Å². The summed E-state index contributed by atoms with van der Waals surface area (Å²) in [5.74, 6) is 0.998. The molecule has 0 aliphatic rings. The number of carbonyl (C=O) groups excluding carboxylic acids is 1.